The van der Waals surface area contributed by atoms with Crippen LogP contribution in [0.3, 0.4) is 0 Å². The number of nitrogens with one attached hydrogen (secondary N) is 10. The van der Waals surface area contributed by atoms with Crippen LogP contribution >= 0.6 is 60.5 Å². The molecular formula is C102H118ClN27O3S4. The monoisotopic (exact) mass is 1930 g/mol. The van der Waals surface area contributed by atoms with Crippen molar-refractivity contribution >= 4 is 167 Å². The number of ether oxygens (including phenoxy) is 1. The molecule has 8 aromatic heterocycles. The number of halogens is 1. The van der Waals surface area contributed by atoms with Crippen LogP contribution in [0.2, 0.25) is 5.02 Å². The number of anilines is 13. The van der Waals surface area contributed by atoms with Crippen molar-refractivity contribution in [2.75, 3.05) is 163 Å². The number of thiocarbonyl (C=S) groups is 4. The van der Waals surface area contributed by atoms with Crippen LogP contribution in [-0.2, 0) is 60.9 Å². The van der Waals surface area contributed by atoms with E-state index in [2.05, 4.69) is 230 Å². The number of morpholine rings is 1. The van der Waals surface area contributed by atoms with Crippen LogP contribution < -0.4 is 53.2 Å². The smallest absolute Gasteiger partial charge is 0.269 e. The summed E-state index contributed by atoms with van der Waals surface area (Å²) in [5.74, 6) is 2.25. The van der Waals surface area contributed by atoms with Crippen molar-refractivity contribution in [2.45, 2.75) is 125 Å². The van der Waals surface area contributed by atoms with Crippen LogP contribution in [0.4, 0.5) is 75.1 Å². The number of hydrogen-bond donors (Lipinski definition) is 10. The average Bonchev–Trinajstić information content (AvgIpc) is 1.81. The molecule has 5 aliphatic heterocycles. The molecule has 0 radical (unpaired) electrons. The predicted molar refractivity (Wildman–Crippen MR) is 568 cm³/mol. The summed E-state index contributed by atoms with van der Waals surface area (Å²) in [6.45, 7) is 20.9. The van der Waals surface area contributed by atoms with Crippen molar-refractivity contribution in [1.29, 1.82) is 0 Å². The highest BCUT2D eigenvalue weighted by atomic mass is 35.5. The Bertz CT molecular complexity index is 6570. The molecule has 10 N–H and O–H groups in total. The first-order valence-electron chi connectivity index (χ1n) is 46.1. The number of fused-ring (bicyclic) bond motifs is 13. The highest BCUT2D eigenvalue weighted by Gasteiger charge is 2.29. The molecular weight excluding hydrogens is 1820 g/mol. The summed E-state index contributed by atoms with van der Waals surface area (Å²) >= 11 is 28.8. The Morgan fingerprint density at radius 2 is 0.920 bits per heavy atom. The summed E-state index contributed by atoms with van der Waals surface area (Å²) in [7, 11) is 16.3. The van der Waals surface area contributed by atoms with Crippen LogP contribution in [0.1, 0.15) is 114 Å². The van der Waals surface area contributed by atoms with Gasteiger partial charge in [-0.25, -0.2) is 49.8 Å². The molecule has 1 aliphatic carbocycles. The molecule has 35 heteroatoms. The third-order valence-corrected chi connectivity index (χ3v) is 25.5. The van der Waals surface area contributed by atoms with Crippen molar-refractivity contribution in [3.05, 3.63) is 229 Å². The number of carbonyl (C=O) groups is 2. The molecule has 4 aromatic carbocycles. The van der Waals surface area contributed by atoms with E-state index < -0.39 is 0 Å². The lowest BCUT2D eigenvalue weighted by atomic mass is 9.91. The van der Waals surface area contributed by atoms with Crippen molar-refractivity contribution in [2.24, 2.45) is 0 Å². The maximum absolute atomic E-state index is 12.6. The van der Waals surface area contributed by atoms with Crippen molar-refractivity contribution in [3.63, 3.8) is 0 Å². The van der Waals surface area contributed by atoms with Gasteiger partial charge in [-0.05, 0) is 257 Å². The highest BCUT2D eigenvalue weighted by Crippen LogP contribution is 2.42. The van der Waals surface area contributed by atoms with Gasteiger partial charge < -0.3 is 77.5 Å². The van der Waals surface area contributed by atoms with Gasteiger partial charge in [-0.3, -0.25) is 24.5 Å². The number of rotatable bonds is 24. The topological polar surface area (TPSA) is 335 Å². The normalized spacial score (nSPS) is 14.4. The maximum Gasteiger partial charge on any atom is 0.269 e. The third-order valence-electron chi connectivity index (χ3n) is 24.2. The van der Waals surface area contributed by atoms with Gasteiger partial charge in [0.15, 0.2) is 0 Å². The van der Waals surface area contributed by atoms with Crippen molar-refractivity contribution in [3.8, 4) is 45.0 Å². The second kappa shape index (κ2) is 45.2. The first kappa shape index (κ1) is 99.0. The Morgan fingerprint density at radius 1 is 0.467 bits per heavy atom. The summed E-state index contributed by atoms with van der Waals surface area (Å²) in [4.78, 5) is 94.5. The van der Waals surface area contributed by atoms with Gasteiger partial charge in [-0.2, -0.15) is 0 Å². The quantitative estimate of drug-likeness (QED) is 0.0251. The van der Waals surface area contributed by atoms with Crippen LogP contribution in [0.5, 0.6) is 0 Å². The number of likely N-dealkylation sites (N-methyl/N-ethyl adjacent to an activating group) is 2. The van der Waals surface area contributed by atoms with E-state index in [0.717, 1.165) is 262 Å². The number of aryl methyl sites for hydroxylation is 10. The molecule has 0 saturated carbocycles. The van der Waals surface area contributed by atoms with Crippen LogP contribution in [0, 0.1) is 48.5 Å². The standard InChI is InChI=1S/C28H36ClN7S.C26H29N7O2S.C25H28N6S.C23H25N7OS/c1-18-24(12-19(16-30-18)8-6-10-35(2)3)33-28-31-17-21-14-26(37)32-25-15-23(29)20(9-7-11-36(4)5)13-22(25)27(21)34-28;1-16-3-4-19-22(13-16)30-23(36)14-18-15-28-26(32-24(18)19)31-20-5-6-21(29-17(20)2)25(34)27-7-8-33-9-11-35-12-10-33;1-14-5-8-19-22(9-14)28-23(32)11-17-13-26-25(30-24(17)19)29-20-10-16-6-7-18(31(3)4)12-21(16)27-15(20)2;1-13-5-6-16-18(9-13)26-21(32)10-15-11-24-23(29-22(15)16)27-17-7-8-19(25-14(17)2)28-20(31)12-30(3)4/h12-13,15-17H,6-11,14H2,1-5H3,(H,32,37)(H,31,33,34);3-6,13,15H,7-12,14H2,1-2H3,(H,27,34)(H,30,36)(H,28,31,32);5,8-10,13,18H,6-7,11-12H2,1-4H3,(H,28,32)(H,26,29,30);5-9,11H,10,12H2,1-4H3,(H,26,32)(H,24,27,29)(H,25,28,31). The number of carbonyl (C=O) groups excluding carboxylic acids is 2. The predicted octanol–water partition coefficient (Wildman–Crippen LogP) is 17.1. The molecule has 18 rings (SSSR count). The van der Waals surface area contributed by atoms with E-state index in [9.17, 15) is 9.59 Å². The van der Waals surface area contributed by atoms with E-state index in [1.54, 1.807) is 17.0 Å². The molecule has 12 aromatic rings. The lowest BCUT2D eigenvalue weighted by Crippen LogP contribution is -2.41. The molecule has 1 saturated heterocycles. The van der Waals surface area contributed by atoms with Crippen LogP contribution in [0.25, 0.3) is 45.0 Å². The average molecular weight is 1930 g/mol. The van der Waals surface area contributed by atoms with Crippen molar-refractivity contribution < 1.29 is 14.3 Å². The van der Waals surface area contributed by atoms with Gasteiger partial charge in [-0.15, -0.1) is 0 Å². The van der Waals surface area contributed by atoms with Gasteiger partial charge in [0, 0.05) is 173 Å². The van der Waals surface area contributed by atoms with E-state index in [4.69, 9.17) is 90.1 Å². The van der Waals surface area contributed by atoms with Gasteiger partial charge in [0.2, 0.25) is 29.7 Å². The molecule has 13 heterocycles. The zero-order chi connectivity index (χ0) is 96.8. The molecule has 1 unspecified atom stereocenters. The van der Waals surface area contributed by atoms with E-state index in [1.807, 2.05) is 105 Å². The van der Waals surface area contributed by atoms with E-state index in [1.165, 1.54) is 22.4 Å². The molecule has 137 heavy (non-hydrogen) atoms. The first-order chi connectivity index (χ1) is 65.8. The number of nitrogens with zero attached hydrogens (tertiary/aromatic N) is 17. The minimum absolute atomic E-state index is 0.114. The minimum atomic E-state index is -0.186. The molecule has 1 atom stereocenters. The molecule has 6 aliphatic rings. The van der Waals surface area contributed by atoms with E-state index in [0.29, 0.717) is 85.8 Å². The van der Waals surface area contributed by atoms with Crippen molar-refractivity contribution in [1.82, 2.24) is 89.6 Å². The molecule has 2 amide bonds. The second-order valence-electron chi connectivity index (χ2n) is 36.3. The summed E-state index contributed by atoms with van der Waals surface area (Å²) in [6, 6.07) is 34.9. The Labute approximate surface area is 827 Å². The number of aromatic nitrogens is 12. The van der Waals surface area contributed by atoms with E-state index in [-0.39, 0.29) is 11.8 Å². The zero-order valence-electron chi connectivity index (χ0n) is 80.3. The lowest BCUT2D eigenvalue weighted by molar-refractivity contribution is -0.116. The molecule has 1 fully saturated rings. The molecule has 0 bridgehead atoms. The maximum atomic E-state index is 12.6. The van der Waals surface area contributed by atoms with Crippen LogP contribution in [0.15, 0.2) is 134 Å². The summed E-state index contributed by atoms with van der Waals surface area (Å²) in [5, 5.41) is 33.2. The van der Waals surface area contributed by atoms with Gasteiger partial charge >= 0.3 is 0 Å². The molecule has 710 valence electrons. The first-order valence-corrected chi connectivity index (χ1v) is 48.1. The Balaban J connectivity index is 0.000000139. The molecule has 30 nitrogen and oxygen atoms in total. The summed E-state index contributed by atoms with van der Waals surface area (Å²) in [6.07, 6.45) is 18.9. The number of pyridine rings is 4. The second-order valence-corrected chi connectivity index (χ2v) is 38.7. The fourth-order valence-electron chi connectivity index (χ4n) is 16.9. The van der Waals surface area contributed by atoms with Gasteiger partial charge in [0.25, 0.3) is 5.91 Å². The molecule has 0 spiro atoms. The third kappa shape index (κ3) is 26.1. The number of amides is 2. The Kier molecular flexibility index (Phi) is 32.7. The van der Waals surface area contributed by atoms with Gasteiger partial charge in [0.05, 0.1) is 108 Å². The summed E-state index contributed by atoms with van der Waals surface area (Å²) in [5.41, 5.74) is 30.7. The highest BCUT2D eigenvalue weighted by molar-refractivity contribution is 7.81. The minimum Gasteiger partial charge on any atom is -0.379 e. The number of benzene rings is 4. The van der Waals surface area contributed by atoms with E-state index >= 15 is 0 Å². The van der Waals surface area contributed by atoms with Crippen LogP contribution in [-0.4, -0.2) is 238 Å². The lowest BCUT2D eigenvalue weighted by Gasteiger charge is -2.29. The van der Waals surface area contributed by atoms with Gasteiger partial charge in [0.1, 0.15) is 11.5 Å². The number of hydrogen-bond acceptors (Lipinski definition) is 28. The Morgan fingerprint density at radius 3 is 1.39 bits per heavy atom. The Hall–Kier alpha value is -12.5. The largest absolute Gasteiger partial charge is 0.379 e. The van der Waals surface area contributed by atoms with Gasteiger partial charge in [-0.1, -0.05) is 96.9 Å². The fraction of sp³-hybridized carbons (Fsp3) is 0.353. The summed E-state index contributed by atoms with van der Waals surface area (Å²) < 4.78 is 5.36. The SMILES string of the molecule is Cc1ccc2c(c1)NC(=S)Cc1cnc(Nc3cc4c(nc3C)CC(N(C)C)CC4)nc1-2.Cc1ccc2c(c1)NC(=S)Cc1cnc(Nc3ccc(C(=O)NCCN4CCOCC4)nc3C)nc1-2.Cc1ccc2c(c1)NC(=S)Cc1cnc(Nc3ccc(NC(=O)CN(C)C)nc3C)nc1-2.Cc1ncc(CCCN(C)C)cc1Nc1ncc2c(n1)-c1cc(CCCN(C)C)c(Cl)cc1NC(=S)C2. The fourth-order valence-corrected chi connectivity index (χ4v) is 18.2. The zero-order valence-corrected chi connectivity index (χ0v) is 84.3.